The second-order valence-corrected chi connectivity index (χ2v) is 6.41. The Morgan fingerprint density at radius 3 is 2.82 bits per heavy atom. The van der Waals surface area contributed by atoms with Gasteiger partial charge in [-0.3, -0.25) is 4.79 Å². The molecule has 0 radical (unpaired) electrons. The molecule has 0 saturated heterocycles. The topological polar surface area (TPSA) is 50.4 Å². The zero-order valence-electron chi connectivity index (χ0n) is 13.3. The molecule has 1 heterocycles. The van der Waals surface area contributed by atoms with Gasteiger partial charge < -0.3 is 15.4 Å². The second kappa shape index (κ2) is 7.25. The molecule has 1 aromatic carbocycles. The van der Waals surface area contributed by atoms with Crippen molar-refractivity contribution in [3.8, 4) is 0 Å². The van der Waals surface area contributed by atoms with Crippen molar-refractivity contribution in [2.24, 2.45) is 5.92 Å². The zero-order valence-corrected chi connectivity index (χ0v) is 13.3. The van der Waals surface area contributed by atoms with E-state index < -0.39 is 0 Å². The van der Waals surface area contributed by atoms with Crippen molar-refractivity contribution in [3.05, 3.63) is 35.4 Å². The molecule has 1 aliphatic carbocycles. The number of hydrogen-bond donors (Lipinski definition) is 2. The van der Waals surface area contributed by atoms with Gasteiger partial charge in [0, 0.05) is 25.6 Å². The van der Waals surface area contributed by atoms with Gasteiger partial charge in [-0.15, -0.1) is 0 Å². The number of hydrogen-bond acceptors (Lipinski definition) is 3. The summed E-state index contributed by atoms with van der Waals surface area (Å²) in [6, 6.07) is 8.77. The molecule has 22 heavy (non-hydrogen) atoms. The first-order valence-electron chi connectivity index (χ1n) is 8.39. The lowest BCUT2D eigenvalue weighted by Gasteiger charge is -2.29. The van der Waals surface area contributed by atoms with Gasteiger partial charge in [0.05, 0.1) is 6.10 Å². The first-order valence-corrected chi connectivity index (χ1v) is 8.39. The normalized spacial score (nSPS) is 28.0. The molecule has 4 heteroatoms. The quantitative estimate of drug-likeness (QED) is 0.896. The fraction of sp³-hybridized carbons (Fsp3) is 0.611. The SMILES string of the molecule is COC1CCC(C(=O)NCC2NCCc3ccccc32)CC1. The Morgan fingerprint density at radius 2 is 2.05 bits per heavy atom. The van der Waals surface area contributed by atoms with E-state index in [-0.39, 0.29) is 17.9 Å². The summed E-state index contributed by atoms with van der Waals surface area (Å²) in [5, 5.41) is 6.67. The number of fused-ring (bicyclic) bond motifs is 1. The average molecular weight is 302 g/mol. The van der Waals surface area contributed by atoms with Gasteiger partial charge >= 0.3 is 0 Å². The van der Waals surface area contributed by atoms with Crippen LogP contribution in [0.1, 0.15) is 42.9 Å². The van der Waals surface area contributed by atoms with E-state index in [9.17, 15) is 4.79 Å². The smallest absolute Gasteiger partial charge is 0.223 e. The Hall–Kier alpha value is -1.39. The Bertz CT molecular complexity index is 510. The van der Waals surface area contributed by atoms with Crippen molar-refractivity contribution in [2.75, 3.05) is 20.2 Å². The minimum absolute atomic E-state index is 0.158. The van der Waals surface area contributed by atoms with E-state index in [1.54, 1.807) is 7.11 Å². The highest BCUT2D eigenvalue weighted by molar-refractivity contribution is 5.78. The fourth-order valence-corrected chi connectivity index (χ4v) is 3.68. The predicted octanol–water partition coefficient (Wildman–Crippen LogP) is 2.19. The Labute approximate surface area is 132 Å². The molecule has 2 N–H and O–H groups in total. The van der Waals surface area contributed by atoms with Gasteiger partial charge in [-0.2, -0.15) is 0 Å². The van der Waals surface area contributed by atoms with Crippen molar-refractivity contribution in [2.45, 2.75) is 44.2 Å². The van der Waals surface area contributed by atoms with Crippen LogP contribution in [0, 0.1) is 5.92 Å². The molecule has 1 atom stereocenters. The largest absolute Gasteiger partial charge is 0.381 e. The second-order valence-electron chi connectivity index (χ2n) is 6.41. The monoisotopic (exact) mass is 302 g/mol. The van der Waals surface area contributed by atoms with E-state index >= 15 is 0 Å². The lowest BCUT2D eigenvalue weighted by Crippen LogP contribution is -2.41. The molecule has 0 aromatic heterocycles. The molecule has 4 nitrogen and oxygen atoms in total. The maximum atomic E-state index is 12.4. The van der Waals surface area contributed by atoms with Crippen LogP contribution in [0.15, 0.2) is 24.3 Å². The number of amides is 1. The van der Waals surface area contributed by atoms with Crippen molar-refractivity contribution in [1.82, 2.24) is 10.6 Å². The molecule has 1 fully saturated rings. The molecule has 120 valence electrons. The lowest BCUT2D eigenvalue weighted by molar-refractivity contribution is -0.126. The molecule has 1 amide bonds. The summed E-state index contributed by atoms with van der Waals surface area (Å²) in [7, 11) is 1.76. The van der Waals surface area contributed by atoms with Crippen molar-refractivity contribution in [1.29, 1.82) is 0 Å². The standard InChI is InChI=1S/C18H26N2O2/c1-22-15-8-6-14(7-9-15)18(21)20-12-17-16-5-3-2-4-13(16)10-11-19-17/h2-5,14-15,17,19H,6-12H2,1H3,(H,20,21). The molecule has 1 aromatic rings. The van der Waals surface area contributed by atoms with Crippen LogP contribution in [0.3, 0.4) is 0 Å². The van der Waals surface area contributed by atoms with Crippen LogP contribution in [0.5, 0.6) is 0 Å². The maximum Gasteiger partial charge on any atom is 0.223 e. The van der Waals surface area contributed by atoms with Gasteiger partial charge in [0.1, 0.15) is 0 Å². The first kappa shape index (κ1) is 15.5. The van der Waals surface area contributed by atoms with E-state index in [1.807, 2.05) is 0 Å². The van der Waals surface area contributed by atoms with E-state index in [0.717, 1.165) is 38.6 Å². The highest BCUT2D eigenvalue weighted by Crippen LogP contribution is 2.26. The van der Waals surface area contributed by atoms with E-state index in [2.05, 4.69) is 34.9 Å². The molecule has 0 spiro atoms. The molecule has 2 aliphatic rings. The summed E-state index contributed by atoms with van der Waals surface area (Å²) in [4.78, 5) is 12.4. The average Bonchev–Trinajstić information content (AvgIpc) is 2.59. The van der Waals surface area contributed by atoms with Crippen LogP contribution >= 0.6 is 0 Å². The van der Waals surface area contributed by atoms with Gasteiger partial charge in [0.2, 0.25) is 5.91 Å². The molecule has 1 unspecified atom stereocenters. The zero-order chi connectivity index (χ0) is 15.4. The Morgan fingerprint density at radius 1 is 1.27 bits per heavy atom. The lowest BCUT2D eigenvalue weighted by atomic mass is 9.86. The summed E-state index contributed by atoms with van der Waals surface area (Å²) in [5.74, 6) is 0.365. The molecule has 3 rings (SSSR count). The molecular formula is C18H26N2O2. The van der Waals surface area contributed by atoms with Gasteiger partial charge in [0.15, 0.2) is 0 Å². The van der Waals surface area contributed by atoms with Crippen LogP contribution in [-0.4, -0.2) is 32.2 Å². The molecule has 1 saturated carbocycles. The number of carbonyl (C=O) groups excluding carboxylic acids is 1. The summed E-state index contributed by atoms with van der Waals surface area (Å²) in [6.45, 7) is 1.66. The van der Waals surface area contributed by atoms with Crippen molar-refractivity contribution < 1.29 is 9.53 Å². The minimum atomic E-state index is 0.158. The number of carbonyl (C=O) groups is 1. The summed E-state index contributed by atoms with van der Waals surface area (Å²) < 4.78 is 5.37. The van der Waals surface area contributed by atoms with Crippen LogP contribution in [0.25, 0.3) is 0 Å². The molecule has 1 aliphatic heterocycles. The van der Waals surface area contributed by atoms with Crippen molar-refractivity contribution >= 4 is 5.91 Å². The van der Waals surface area contributed by atoms with Crippen LogP contribution in [0.2, 0.25) is 0 Å². The van der Waals surface area contributed by atoms with Crippen LogP contribution < -0.4 is 10.6 Å². The third kappa shape index (κ3) is 3.50. The number of ether oxygens (including phenoxy) is 1. The van der Waals surface area contributed by atoms with E-state index in [0.29, 0.717) is 12.6 Å². The number of benzene rings is 1. The third-order valence-corrected chi connectivity index (χ3v) is 5.07. The molecular weight excluding hydrogens is 276 g/mol. The summed E-state index contributed by atoms with van der Waals surface area (Å²) in [5.41, 5.74) is 2.73. The summed E-state index contributed by atoms with van der Waals surface area (Å²) >= 11 is 0. The fourth-order valence-electron chi connectivity index (χ4n) is 3.68. The van der Waals surface area contributed by atoms with E-state index in [1.165, 1.54) is 11.1 Å². The van der Waals surface area contributed by atoms with Gasteiger partial charge in [-0.25, -0.2) is 0 Å². The van der Waals surface area contributed by atoms with Gasteiger partial charge in [-0.1, -0.05) is 24.3 Å². The van der Waals surface area contributed by atoms with Gasteiger partial charge in [0.25, 0.3) is 0 Å². The summed E-state index contributed by atoms with van der Waals surface area (Å²) in [6.07, 6.45) is 5.30. The van der Waals surface area contributed by atoms with E-state index in [4.69, 9.17) is 4.74 Å². The first-order chi connectivity index (χ1) is 10.8. The van der Waals surface area contributed by atoms with Crippen molar-refractivity contribution in [3.63, 3.8) is 0 Å². The highest BCUT2D eigenvalue weighted by Gasteiger charge is 2.27. The Balaban J connectivity index is 1.52. The Kier molecular flexibility index (Phi) is 5.11. The maximum absolute atomic E-state index is 12.4. The van der Waals surface area contributed by atoms with Gasteiger partial charge in [-0.05, 0) is 49.8 Å². The van der Waals surface area contributed by atoms with Crippen LogP contribution in [-0.2, 0) is 16.0 Å². The molecule has 0 bridgehead atoms. The highest BCUT2D eigenvalue weighted by atomic mass is 16.5. The minimum Gasteiger partial charge on any atom is -0.381 e. The van der Waals surface area contributed by atoms with Crippen LogP contribution in [0.4, 0.5) is 0 Å². The number of methoxy groups -OCH3 is 1. The predicted molar refractivity (Wildman–Crippen MR) is 86.7 cm³/mol. The number of rotatable bonds is 4. The number of nitrogens with one attached hydrogen (secondary N) is 2. The third-order valence-electron chi connectivity index (χ3n) is 5.07.